The van der Waals surface area contributed by atoms with Crippen LogP contribution in [0, 0.1) is 0 Å². The smallest absolute Gasteiger partial charge is 0.308 e. The van der Waals surface area contributed by atoms with E-state index in [1.165, 1.54) is 13.8 Å². The van der Waals surface area contributed by atoms with Gasteiger partial charge in [0, 0.05) is 13.8 Å². The minimum absolute atomic E-state index is 0.276. The van der Waals surface area contributed by atoms with Gasteiger partial charge in [-0.3, -0.25) is 9.59 Å². The van der Waals surface area contributed by atoms with Gasteiger partial charge in [-0.2, -0.15) is 0 Å². The van der Waals surface area contributed by atoms with Crippen molar-refractivity contribution in [3.63, 3.8) is 0 Å². The van der Waals surface area contributed by atoms with Crippen LogP contribution in [0.1, 0.15) is 39.2 Å². The van der Waals surface area contributed by atoms with Crippen LogP contribution >= 0.6 is 0 Å². The maximum absolute atomic E-state index is 11.0. The first-order valence-corrected chi connectivity index (χ1v) is 6.02. The van der Waals surface area contributed by atoms with Gasteiger partial charge >= 0.3 is 11.9 Å². The van der Waals surface area contributed by atoms with Gasteiger partial charge < -0.3 is 9.47 Å². The number of unbranched alkanes of at least 4 members (excludes halogenated alkanes) is 1. The van der Waals surface area contributed by atoms with Crippen molar-refractivity contribution in [3.8, 4) is 11.5 Å². The van der Waals surface area contributed by atoms with Gasteiger partial charge in [-0.05, 0) is 30.5 Å². The Kier molecular flexibility index (Phi) is 5.36. The molecule has 0 aromatic heterocycles. The van der Waals surface area contributed by atoms with E-state index in [0.29, 0.717) is 5.75 Å². The molecule has 0 bridgehead atoms. The van der Waals surface area contributed by atoms with Crippen LogP contribution in [0.5, 0.6) is 11.5 Å². The first kappa shape index (κ1) is 14.2. The second kappa shape index (κ2) is 6.79. The number of esters is 2. The van der Waals surface area contributed by atoms with Crippen molar-refractivity contribution in [2.45, 2.75) is 40.0 Å². The van der Waals surface area contributed by atoms with Gasteiger partial charge in [0.2, 0.25) is 0 Å². The molecule has 4 nitrogen and oxygen atoms in total. The van der Waals surface area contributed by atoms with Crippen LogP contribution in [0.2, 0.25) is 0 Å². The van der Waals surface area contributed by atoms with Crippen LogP contribution in [-0.2, 0) is 16.0 Å². The first-order chi connectivity index (χ1) is 8.52. The van der Waals surface area contributed by atoms with Gasteiger partial charge in [-0.1, -0.05) is 19.4 Å². The summed E-state index contributed by atoms with van der Waals surface area (Å²) in [6.45, 7) is 4.74. The van der Waals surface area contributed by atoms with Gasteiger partial charge in [0.15, 0.2) is 11.5 Å². The molecule has 0 aliphatic rings. The van der Waals surface area contributed by atoms with Gasteiger partial charge in [-0.15, -0.1) is 0 Å². The van der Waals surface area contributed by atoms with Crippen LogP contribution in [0.15, 0.2) is 18.2 Å². The van der Waals surface area contributed by atoms with Crippen molar-refractivity contribution in [1.29, 1.82) is 0 Å². The van der Waals surface area contributed by atoms with Crippen LogP contribution in [0.25, 0.3) is 0 Å². The lowest BCUT2D eigenvalue weighted by molar-refractivity contribution is -0.134. The molecule has 0 atom stereocenters. The van der Waals surface area contributed by atoms with E-state index in [9.17, 15) is 9.59 Å². The zero-order valence-electron chi connectivity index (χ0n) is 11.0. The molecule has 18 heavy (non-hydrogen) atoms. The average molecular weight is 250 g/mol. The Bertz CT molecular complexity index is 437. The molecule has 0 fully saturated rings. The molecule has 0 spiro atoms. The summed E-state index contributed by atoms with van der Waals surface area (Å²) in [6.07, 6.45) is 3.06. The molecule has 0 aliphatic heterocycles. The van der Waals surface area contributed by atoms with E-state index in [0.717, 1.165) is 24.8 Å². The maximum Gasteiger partial charge on any atom is 0.308 e. The monoisotopic (exact) mass is 250 g/mol. The van der Waals surface area contributed by atoms with Gasteiger partial charge in [-0.25, -0.2) is 0 Å². The third-order valence-electron chi connectivity index (χ3n) is 2.33. The van der Waals surface area contributed by atoms with E-state index in [-0.39, 0.29) is 5.75 Å². The summed E-state index contributed by atoms with van der Waals surface area (Å²) in [7, 11) is 0. The average Bonchev–Trinajstić information content (AvgIpc) is 2.28. The highest BCUT2D eigenvalue weighted by atomic mass is 16.6. The molecule has 0 saturated carbocycles. The number of carbonyl (C=O) groups excluding carboxylic acids is 2. The summed E-state index contributed by atoms with van der Waals surface area (Å²) in [5, 5.41) is 0. The fraction of sp³-hybridized carbons (Fsp3) is 0.429. The van der Waals surface area contributed by atoms with Crippen LogP contribution < -0.4 is 9.47 Å². The second-order valence-electron chi connectivity index (χ2n) is 4.07. The quantitative estimate of drug-likeness (QED) is 0.595. The Morgan fingerprint density at radius 3 is 2.22 bits per heavy atom. The van der Waals surface area contributed by atoms with E-state index in [1.54, 1.807) is 12.1 Å². The second-order valence-corrected chi connectivity index (χ2v) is 4.07. The molecule has 1 rings (SSSR count). The molecule has 1 aromatic rings. The molecule has 4 heteroatoms. The Morgan fingerprint density at radius 2 is 1.67 bits per heavy atom. The fourth-order valence-corrected chi connectivity index (χ4v) is 1.56. The first-order valence-electron chi connectivity index (χ1n) is 6.02. The lowest BCUT2D eigenvalue weighted by Crippen LogP contribution is -2.07. The largest absolute Gasteiger partial charge is 0.423 e. The fourth-order valence-electron chi connectivity index (χ4n) is 1.56. The molecule has 0 amide bonds. The van der Waals surface area contributed by atoms with Gasteiger partial charge in [0.05, 0.1) is 0 Å². The predicted octanol–water partition coefficient (Wildman–Crippen LogP) is 2.88. The Balaban J connectivity index is 2.95. The summed E-state index contributed by atoms with van der Waals surface area (Å²) in [5.74, 6) is -0.301. The van der Waals surface area contributed by atoms with E-state index in [4.69, 9.17) is 9.47 Å². The minimum atomic E-state index is -0.440. The SMILES string of the molecule is CCCCc1ccc(OC(C)=O)c(OC(C)=O)c1. The molecular formula is C14H18O4. The van der Waals surface area contributed by atoms with Crippen LogP contribution in [-0.4, -0.2) is 11.9 Å². The van der Waals surface area contributed by atoms with Crippen LogP contribution in [0.4, 0.5) is 0 Å². The summed E-state index contributed by atoms with van der Waals surface area (Å²) in [4.78, 5) is 22.0. The van der Waals surface area contributed by atoms with Crippen LogP contribution in [0.3, 0.4) is 0 Å². The molecule has 0 unspecified atom stereocenters. The van der Waals surface area contributed by atoms with E-state index in [2.05, 4.69) is 6.92 Å². The van der Waals surface area contributed by atoms with Crippen molar-refractivity contribution in [1.82, 2.24) is 0 Å². The number of aryl methyl sites for hydroxylation is 1. The number of ether oxygens (including phenoxy) is 2. The highest BCUT2D eigenvalue weighted by molar-refractivity contribution is 5.73. The standard InChI is InChI=1S/C14H18O4/c1-4-5-6-12-7-8-13(17-10(2)15)14(9-12)18-11(3)16/h7-9H,4-6H2,1-3H3. The minimum Gasteiger partial charge on any atom is -0.423 e. The van der Waals surface area contributed by atoms with Gasteiger partial charge in [0.25, 0.3) is 0 Å². The van der Waals surface area contributed by atoms with E-state index in [1.807, 2.05) is 6.07 Å². The Morgan fingerprint density at radius 1 is 1.06 bits per heavy atom. The summed E-state index contributed by atoms with van der Waals surface area (Å²) < 4.78 is 10.0. The van der Waals surface area contributed by atoms with Crippen molar-refractivity contribution in [2.24, 2.45) is 0 Å². The normalized spacial score (nSPS) is 9.94. The third-order valence-corrected chi connectivity index (χ3v) is 2.33. The Hall–Kier alpha value is -1.84. The lowest BCUT2D eigenvalue weighted by Gasteiger charge is -2.10. The van der Waals surface area contributed by atoms with E-state index >= 15 is 0 Å². The van der Waals surface area contributed by atoms with Gasteiger partial charge in [0.1, 0.15) is 0 Å². The molecule has 98 valence electrons. The summed E-state index contributed by atoms with van der Waals surface area (Å²) >= 11 is 0. The number of hydrogen-bond donors (Lipinski definition) is 0. The topological polar surface area (TPSA) is 52.6 Å². The molecule has 0 N–H and O–H groups in total. The van der Waals surface area contributed by atoms with Crippen molar-refractivity contribution >= 4 is 11.9 Å². The van der Waals surface area contributed by atoms with E-state index < -0.39 is 11.9 Å². The zero-order valence-corrected chi connectivity index (χ0v) is 11.0. The highest BCUT2D eigenvalue weighted by Gasteiger charge is 2.10. The number of hydrogen-bond acceptors (Lipinski definition) is 4. The highest BCUT2D eigenvalue weighted by Crippen LogP contribution is 2.29. The molecule has 0 radical (unpaired) electrons. The molecular weight excluding hydrogens is 232 g/mol. The number of carbonyl (C=O) groups is 2. The zero-order chi connectivity index (χ0) is 13.5. The predicted molar refractivity (Wildman–Crippen MR) is 67.7 cm³/mol. The molecule has 0 aliphatic carbocycles. The van der Waals surface area contributed by atoms with Crippen molar-refractivity contribution in [3.05, 3.63) is 23.8 Å². The molecule has 0 saturated heterocycles. The molecule has 0 heterocycles. The Labute approximate surface area is 107 Å². The number of benzene rings is 1. The van der Waals surface area contributed by atoms with Crippen molar-refractivity contribution < 1.29 is 19.1 Å². The summed E-state index contributed by atoms with van der Waals surface area (Å²) in [5.41, 5.74) is 1.06. The maximum atomic E-state index is 11.0. The number of rotatable bonds is 5. The lowest BCUT2D eigenvalue weighted by atomic mass is 10.1. The van der Waals surface area contributed by atoms with Crippen molar-refractivity contribution in [2.75, 3.05) is 0 Å². The molecule has 1 aromatic carbocycles. The third kappa shape index (κ3) is 4.57. The summed E-state index contributed by atoms with van der Waals surface area (Å²) in [6, 6.07) is 5.28.